The highest BCUT2D eigenvalue weighted by atomic mass is 79.9. The molecule has 1 aromatic rings. The standard InChI is InChI=1S/C21H23Br2ClN2O3/c22-18-11-10-12(19(18)23)17-16(11)20(28)26(21(17)29)9-5-1-2-8-15(27)25-14-7-4-3-6-13(14)24/h3-4,6-7,11-12,16-19H,1-2,5,8-10H2,(H,25,27)/t11-,12+,16-,17-,18-,19+/m0/s1. The molecule has 0 radical (unpaired) electrons. The number of imide groups is 1. The van der Waals surface area contributed by atoms with Crippen molar-refractivity contribution in [1.82, 2.24) is 4.90 Å². The van der Waals surface area contributed by atoms with Crippen molar-refractivity contribution in [3.63, 3.8) is 0 Å². The van der Waals surface area contributed by atoms with E-state index in [1.54, 1.807) is 12.1 Å². The highest BCUT2D eigenvalue weighted by Gasteiger charge is 2.66. The monoisotopic (exact) mass is 544 g/mol. The molecule has 1 saturated heterocycles. The summed E-state index contributed by atoms with van der Waals surface area (Å²) >= 11 is 13.5. The van der Waals surface area contributed by atoms with Crippen LogP contribution in [0.2, 0.25) is 5.02 Å². The lowest BCUT2D eigenvalue weighted by Crippen LogP contribution is -2.37. The summed E-state index contributed by atoms with van der Waals surface area (Å²) in [4.78, 5) is 39.7. The Hall–Kier alpha value is -0.920. The molecule has 1 N–H and O–H groups in total. The van der Waals surface area contributed by atoms with E-state index in [1.807, 2.05) is 12.1 Å². The molecule has 3 amide bonds. The molecule has 0 aromatic heterocycles. The molecule has 0 unspecified atom stereocenters. The van der Waals surface area contributed by atoms with Crippen molar-refractivity contribution in [2.45, 2.75) is 41.8 Å². The molecule has 1 aromatic carbocycles. The van der Waals surface area contributed by atoms with Gasteiger partial charge >= 0.3 is 0 Å². The number of alkyl halides is 2. The van der Waals surface area contributed by atoms with Gasteiger partial charge in [-0.15, -0.1) is 0 Å². The van der Waals surface area contributed by atoms with Crippen LogP contribution in [-0.2, 0) is 14.4 Å². The van der Waals surface area contributed by atoms with E-state index in [1.165, 1.54) is 4.90 Å². The highest BCUT2D eigenvalue weighted by molar-refractivity contribution is 9.12. The number of fused-ring (bicyclic) bond motifs is 5. The first kappa shape index (κ1) is 21.3. The van der Waals surface area contributed by atoms with Crippen LogP contribution in [0.3, 0.4) is 0 Å². The summed E-state index contributed by atoms with van der Waals surface area (Å²) in [5.41, 5.74) is 0.615. The molecule has 6 atom stereocenters. The number of halogens is 3. The maximum absolute atomic E-state index is 12.8. The van der Waals surface area contributed by atoms with Crippen LogP contribution in [0.5, 0.6) is 0 Å². The Kier molecular flexibility index (Phi) is 6.38. The Morgan fingerprint density at radius 1 is 1.03 bits per heavy atom. The fraction of sp³-hybridized carbons (Fsp3) is 0.571. The number of rotatable bonds is 7. The summed E-state index contributed by atoms with van der Waals surface area (Å²) in [6.45, 7) is 0.455. The van der Waals surface area contributed by atoms with Crippen LogP contribution in [-0.4, -0.2) is 38.8 Å². The molecule has 2 bridgehead atoms. The van der Waals surface area contributed by atoms with E-state index < -0.39 is 0 Å². The largest absolute Gasteiger partial charge is 0.325 e. The van der Waals surface area contributed by atoms with Crippen LogP contribution in [0.15, 0.2) is 24.3 Å². The molecule has 8 heteroatoms. The van der Waals surface area contributed by atoms with Crippen molar-refractivity contribution in [1.29, 1.82) is 0 Å². The third kappa shape index (κ3) is 3.90. The van der Waals surface area contributed by atoms with Crippen molar-refractivity contribution in [3.05, 3.63) is 29.3 Å². The maximum Gasteiger partial charge on any atom is 0.233 e. The summed E-state index contributed by atoms with van der Waals surface area (Å²) in [6.07, 6.45) is 3.56. The molecule has 2 aliphatic carbocycles. The second-order valence-corrected chi connectivity index (χ2v) is 10.7. The van der Waals surface area contributed by atoms with Gasteiger partial charge in [0.2, 0.25) is 17.7 Å². The van der Waals surface area contributed by atoms with Gasteiger partial charge in [0.05, 0.1) is 22.5 Å². The van der Waals surface area contributed by atoms with Gasteiger partial charge in [-0.3, -0.25) is 19.3 Å². The summed E-state index contributed by atoms with van der Waals surface area (Å²) in [5.74, 6) is 0.151. The topological polar surface area (TPSA) is 66.5 Å². The number of para-hydroxylation sites is 1. The number of anilines is 1. The number of unbranched alkanes of at least 4 members (excludes halogenated alkanes) is 2. The summed E-state index contributed by atoms with van der Waals surface area (Å²) < 4.78 is 0. The van der Waals surface area contributed by atoms with E-state index >= 15 is 0 Å². The Morgan fingerprint density at radius 3 is 2.28 bits per heavy atom. The SMILES string of the molecule is O=C(CCCCCN1C(=O)[C@H]2[C@@H]3C[C@@H]([C@@H](Br)[C@H]3Br)[C@@H]2C1=O)Nc1ccccc1Cl. The lowest BCUT2D eigenvalue weighted by atomic mass is 9.81. The molecule has 5 nitrogen and oxygen atoms in total. The van der Waals surface area contributed by atoms with E-state index in [4.69, 9.17) is 11.6 Å². The number of benzene rings is 1. The van der Waals surface area contributed by atoms with E-state index in [0.29, 0.717) is 30.1 Å². The minimum atomic E-state index is -0.146. The van der Waals surface area contributed by atoms with E-state index in [-0.39, 0.29) is 51.0 Å². The van der Waals surface area contributed by atoms with Crippen LogP contribution in [0.4, 0.5) is 5.69 Å². The van der Waals surface area contributed by atoms with Crippen LogP contribution >= 0.6 is 43.5 Å². The molecular formula is C21H23Br2ClN2O3. The smallest absolute Gasteiger partial charge is 0.233 e. The second-order valence-electron chi connectivity index (χ2n) is 8.17. The van der Waals surface area contributed by atoms with Gasteiger partial charge in [-0.05, 0) is 43.2 Å². The van der Waals surface area contributed by atoms with E-state index in [9.17, 15) is 14.4 Å². The highest BCUT2D eigenvalue weighted by Crippen LogP contribution is 2.60. The zero-order chi connectivity index (χ0) is 20.7. The Balaban J connectivity index is 1.22. The lowest BCUT2D eigenvalue weighted by molar-refractivity contribution is -0.140. The molecule has 2 saturated carbocycles. The van der Waals surface area contributed by atoms with Gasteiger partial charge in [-0.2, -0.15) is 0 Å². The number of hydrogen-bond donors (Lipinski definition) is 1. The number of likely N-dealkylation sites (tertiary alicyclic amines) is 1. The van der Waals surface area contributed by atoms with Gasteiger partial charge in [0.15, 0.2) is 0 Å². The van der Waals surface area contributed by atoms with Gasteiger partial charge in [-0.25, -0.2) is 0 Å². The average Bonchev–Trinajstić information content (AvgIpc) is 3.29. The maximum atomic E-state index is 12.8. The van der Waals surface area contributed by atoms with Crippen molar-refractivity contribution in [2.75, 3.05) is 11.9 Å². The molecule has 3 aliphatic rings. The van der Waals surface area contributed by atoms with Crippen molar-refractivity contribution < 1.29 is 14.4 Å². The minimum absolute atomic E-state index is 0.00723. The number of nitrogens with zero attached hydrogens (tertiary/aromatic N) is 1. The van der Waals surface area contributed by atoms with Crippen molar-refractivity contribution in [3.8, 4) is 0 Å². The molecule has 1 heterocycles. The van der Waals surface area contributed by atoms with E-state index in [0.717, 1.165) is 19.3 Å². The second kappa shape index (κ2) is 8.67. The minimum Gasteiger partial charge on any atom is -0.325 e. The molecule has 4 rings (SSSR count). The normalized spacial score (nSPS) is 32.7. The first-order valence-electron chi connectivity index (χ1n) is 10.1. The van der Waals surface area contributed by atoms with Crippen molar-refractivity contribution >= 4 is 66.9 Å². The molecule has 0 spiro atoms. The third-order valence-electron chi connectivity index (χ3n) is 6.51. The molecule has 3 fully saturated rings. The molecule has 156 valence electrons. The van der Waals surface area contributed by atoms with Crippen LogP contribution in [0.25, 0.3) is 0 Å². The van der Waals surface area contributed by atoms with Gasteiger partial charge in [-0.1, -0.05) is 62.0 Å². The predicted molar refractivity (Wildman–Crippen MR) is 119 cm³/mol. The first-order valence-corrected chi connectivity index (χ1v) is 12.3. The lowest BCUT2D eigenvalue weighted by Gasteiger charge is -2.28. The fourth-order valence-electron chi connectivity index (χ4n) is 5.14. The fourth-order valence-corrected chi connectivity index (χ4v) is 7.19. The first-order chi connectivity index (χ1) is 13.9. The predicted octanol–water partition coefficient (Wildman–Crippen LogP) is 4.62. The van der Waals surface area contributed by atoms with E-state index in [2.05, 4.69) is 37.2 Å². The Labute approximate surface area is 192 Å². The van der Waals surface area contributed by atoms with Gasteiger partial charge in [0.25, 0.3) is 0 Å². The zero-order valence-electron chi connectivity index (χ0n) is 15.8. The summed E-state index contributed by atoms with van der Waals surface area (Å²) in [6, 6.07) is 7.14. The summed E-state index contributed by atoms with van der Waals surface area (Å²) in [7, 11) is 0. The third-order valence-corrected chi connectivity index (χ3v) is 10.0. The van der Waals surface area contributed by atoms with Crippen LogP contribution in [0.1, 0.15) is 32.1 Å². The zero-order valence-corrected chi connectivity index (χ0v) is 19.7. The average molecular weight is 547 g/mol. The number of carbonyl (C=O) groups excluding carboxylic acids is 3. The Bertz CT molecular complexity index is 804. The number of carbonyl (C=O) groups is 3. The number of nitrogens with one attached hydrogen (secondary N) is 1. The van der Waals surface area contributed by atoms with Crippen LogP contribution in [0, 0.1) is 23.7 Å². The molecule has 29 heavy (non-hydrogen) atoms. The number of hydrogen-bond acceptors (Lipinski definition) is 3. The van der Waals surface area contributed by atoms with Crippen molar-refractivity contribution in [2.24, 2.45) is 23.7 Å². The van der Waals surface area contributed by atoms with Gasteiger partial charge in [0, 0.05) is 22.6 Å². The van der Waals surface area contributed by atoms with Gasteiger partial charge in [0.1, 0.15) is 0 Å². The Morgan fingerprint density at radius 2 is 1.66 bits per heavy atom. The van der Waals surface area contributed by atoms with Crippen LogP contribution < -0.4 is 5.32 Å². The van der Waals surface area contributed by atoms with Gasteiger partial charge < -0.3 is 5.32 Å². The summed E-state index contributed by atoms with van der Waals surface area (Å²) in [5, 5.41) is 3.33. The molecular weight excluding hydrogens is 524 g/mol. The molecule has 1 aliphatic heterocycles. The number of amides is 3. The quantitative estimate of drug-likeness (QED) is 0.309.